The van der Waals surface area contributed by atoms with Crippen LogP contribution in [0.5, 0.6) is 0 Å². The molecular formula is C9H10ClN5O. The van der Waals surface area contributed by atoms with E-state index < -0.39 is 0 Å². The Morgan fingerprint density at radius 2 is 1.94 bits per heavy atom. The van der Waals surface area contributed by atoms with Crippen LogP contribution in [0.15, 0.2) is 12.4 Å². The van der Waals surface area contributed by atoms with Crippen molar-refractivity contribution in [3.8, 4) is 0 Å². The normalized spacial score (nSPS) is 10.7. The van der Waals surface area contributed by atoms with Crippen LogP contribution in [0, 0.1) is 0 Å². The zero-order chi connectivity index (χ0) is 11.9. The van der Waals surface area contributed by atoms with Crippen molar-refractivity contribution in [1.29, 1.82) is 0 Å². The standard InChI is InChI=1S/C9H10ClN5O/c1-14-7(6(10)4-13-14)8(16)5-3-12-15(2)9(5)11/h3-4H,11H2,1-2H3. The summed E-state index contributed by atoms with van der Waals surface area (Å²) in [5.41, 5.74) is 6.35. The summed E-state index contributed by atoms with van der Waals surface area (Å²) < 4.78 is 2.84. The SMILES string of the molecule is Cn1ncc(C(=O)c2c(Cl)cnn2C)c1N. The van der Waals surface area contributed by atoms with Gasteiger partial charge in [-0.2, -0.15) is 10.2 Å². The number of carbonyl (C=O) groups excluding carboxylic acids is 1. The predicted octanol–water partition coefficient (Wildman–Crippen LogP) is 0.620. The number of ketones is 1. The number of rotatable bonds is 2. The quantitative estimate of drug-likeness (QED) is 0.780. The summed E-state index contributed by atoms with van der Waals surface area (Å²) >= 11 is 5.88. The second-order valence-electron chi connectivity index (χ2n) is 3.36. The molecule has 0 fully saturated rings. The third-order valence-corrected chi connectivity index (χ3v) is 2.62. The summed E-state index contributed by atoms with van der Waals surface area (Å²) in [6.07, 6.45) is 2.84. The van der Waals surface area contributed by atoms with Crippen molar-refractivity contribution in [2.24, 2.45) is 14.1 Å². The molecule has 84 valence electrons. The number of aromatic nitrogens is 4. The predicted molar refractivity (Wildman–Crippen MR) is 59.3 cm³/mol. The van der Waals surface area contributed by atoms with Gasteiger partial charge in [0, 0.05) is 14.1 Å². The van der Waals surface area contributed by atoms with Crippen molar-refractivity contribution in [3.05, 3.63) is 28.7 Å². The third kappa shape index (κ3) is 1.47. The molecular weight excluding hydrogens is 230 g/mol. The van der Waals surface area contributed by atoms with Crippen molar-refractivity contribution in [2.75, 3.05) is 5.73 Å². The molecule has 0 unspecified atom stereocenters. The summed E-state index contributed by atoms with van der Waals surface area (Å²) in [6.45, 7) is 0. The highest BCUT2D eigenvalue weighted by Gasteiger charge is 2.21. The Hall–Kier alpha value is -1.82. The van der Waals surface area contributed by atoms with Crippen LogP contribution in [0.3, 0.4) is 0 Å². The largest absolute Gasteiger partial charge is 0.383 e. The maximum absolute atomic E-state index is 12.1. The van der Waals surface area contributed by atoms with Crippen LogP contribution in [0.25, 0.3) is 0 Å². The minimum Gasteiger partial charge on any atom is -0.383 e. The van der Waals surface area contributed by atoms with E-state index in [1.165, 1.54) is 21.8 Å². The lowest BCUT2D eigenvalue weighted by Gasteiger charge is -2.01. The van der Waals surface area contributed by atoms with E-state index >= 15 is 0 Å². The lowest BCUT2D eigenvalue weighted by atomic mass is 10.1. The number of hydrogen-bond acceptors (Lipinski definition) is 4. The highest BCUT2D eigenvalue weighted by Crippen LogP contribution is 2.21. The molecule has 2 rings (SSSR count). The molecule has 0 amide bonds. The summed E-state index contributed by atoms with van der Waals surface area (Å²) in [7, 11) is 3.31. The van der Waals surface area contributed by atoms with Crippen LogP contribution < -0.4 is 5.73 Å². The number of halogens is 1. The molecule has 2 aromatic rings. The molecule has 0 bridgehead atoms. The molecule has 7 heteroatoms. The van der Waals surface area contributed by atoms with Crippen LogP contribution >= 0.6 is 11.6 Å². The molecule has 0 radical (unpaired) electrons. The average Bonchev–Trinajstić information content (AvgIpc) is 2.73. The second kappa shape index (κ2) is 3.64. The highest BCUT2D eigenvalue weighted by atomic mass is 35.5. The molecule has 16 heavy (non-hydrogen) atoms. The Balaban J connectivity index is 2.51. The fourth-order valence-corrected chi connectivity index (χ4v) is 1.67. The summed E-state index contributed by atoms with van der Waals surface area (Å²) in [4.78, 5) is 12.1. The van der Waals surface area contributed by atoms with Gasteiger partial charge in [0.05, 0.1) is 23.0 Å². The Morgan fingerprint density at radius 3 is 2.38 bits per heavy atom. The minimum absolute atomic E-state index is 0.282. The number of nitrogens with zero attached hydrogens (tertiary/aromatic N) is 4. The molecule has 0 aliphatic rings. The molecule has 0 saturated heterocycles. The van der Waals surface area contributed by atoms with Gasteiger partial charge in [0.1, 0.15) is 11.5 Å². The molecule has 2 aromatic heterocycles. The topological polar surface area (TPSA) is 78.7 Å². The first-order chi connectivity index (χ1) is 7.52. The Bertz CT molecular complexity index is 537. The molecule has 0 aromatic carbocycles. The maximum Gasteiger partial charge on any atom is 0.217 e. The summed E-state index contributed by atoms with van der Waals surface area (Å²) in [5.74, 6) is 0.0258. The lowest BCUT2D eigenvalue weighted by Crippen LogP contribution is -2.11. The Labute approximate surface area is 96.6 Å². The van der Waals surface area contributed by atoms with E-state index in [1.54, 1.807) is 14.1 Å². The van der Waals surface area contributed by atoms with Crippen molar-refractivity contribution >= 4 is 23.2 Å². The minimum atomic E-state index is -0.282. The molecule has 0 aliphatic carbocycles. The van der Waals surface area contributed by atoms with Gasteiger partial charge in [-0.15, -0.1) is 0 Å². The van der Waals surface area contributed by atoms with Gasteiger partial charge in [-0.05, 0) is 0 Å². The van der Waals surface area contributed by atoms with Gasteiger partial charge in [0.2, 0.25) is 5.78 Å². The van der Waals surface area contributed by atoms with E-state index in [4.69, 9.17) is 17.3 Å². The number of nitrogens with two attached hydrogens (primary N) is 1. The maximum atomic E-state index is 12.1. The van der Waals surface area contributed by atoms with Gasteiger partial charge in [0.15, 0.2) is 0 Å². The first-order valence-electron chi connectivity index (χ1n) is 4.52. The summed E-state index contributed by atoms with van der Waals surface area (Å²) in [5, 5.41) is 8.10. The van der Waals surface area contributed by atoms with Gasteiger partial charge in [-0.25, -0.2) is 0 Å². The fourth-order valence-electron chi connectivity index (χ4n) is 1.42. The van der Waals surface area contributed by atoms with E-state index in [1.807, 2.05) is 0 Å². The molecule has 0 aliphatic heterocycles. The Kier molecular flexibility index (Phi) is 2.43. The molecule has 2 N–H and O–H groups in total. The van der Waals surface area contributed by atoms with Crippen LogP contribution in [-0.4, -0.2) is 25.3 Å². The van der Waals surface area contributed by atoms with Gasteiger partial charge in [-0.1, -0.05) is 11.6 Å². The Morgan fingerprint density at radius 1 is 1.31 bits per heavy atom. The van der Waals surface area contributed by atoms with Gasteiger partial charge >= 0.3 is 0 Å². The number of anilines is 1. The van der Waals surface area contributed by atoms with Crippen molar-refractivity contribution < 1.29 is 4.79 Å². The highest BCUT2D eigenvalue weighted by molar-refractivity contribution is 6.34. The van der Waals surface area contributed by atoms with Crippen molar-refractivity contribution in [1.82, 2.24) is 19.6 Å². The molecule has 6 nitrogen and oxygen atoms in total. The van der Waals surface area contributed by atoms with Crippen molar-refractivity contribution in [3.63, 3.8) is 0 Å². The fraction of sp³-hybridized carbons (Fsp3) is 0.222. The van der Waals surface area contributed by atoms with E-state index in [-0.39, 0.29) is 5.78 Å². The number of aryl methyl sites for hydroxylation is 2. The second-order valence-corrected chi connectivity index (χ2v) is 3.77. The monoisotopic (exact) mass is 239 g/mol. The first kappa shape index (κ1) is 10.7. The molecule has 0 spiro atoms. The smallest absolute Gasteiger partial charge is 0.217 e. The first-order valence-corrected chi connectivity index (χ1v) is 4.90. The van der Waals surface area contributed by atoms with Crippen LogP contribution in [0.1, 0.15) is 16.1 Å². The average molecular weight is 240 g/mol. The lowest BCUT2D eigenvalue weighted by molar-refractivity contribution is 0.103. The van der Waals surface area contributed by atoms with Crippen LogP contribution in [-0.2, 0) is 14.1 Å². The molecule has 0 saturated carbocycles. The number of nitrogen functional groups attached to an aromatic ring is 1. The van der Waals surface area contributed by atoms with E-state index in [2.05, 4.69) is 10.2 Å². The van der Waals surface area contributed by atoms with E-state index in [0.717, 1.165) is 0 Å². The van der Waals surface area contributed by atoms with Crippen LogP contribution in [0.4, 0.5) is 5.82 Å². The molecule has 2 heterocycles. The van der Waals surface area contributed by atoms with Gasteiger partial charge in [0.25, 0.3) is 0 Å². The van der Waals surface area contributed by atoms with Gasteiger partial charge in [-0.3, -0.25) is 14.2 Å². The van der Waals surface area contributed by atoms with E-state index in [0.29, 0.717) is 22.1 Å². The zero-order valence-corrected chi connectivity index (χ0v) is 9.56. The third-order valence-electron chi connectivity index (χ3n) is 2.34. The van der Waals surface area contributed by atoms with Gasteiger partial charge < -0.3 is 5.73 Å². The van der Waals surface area contributed by atoms with Crippen molar-refractivity contribution in [2.45, 2.75) is 0 Å². The summed E-state index contributed by atoms with van der Waals surface area (Å²) in [6, 6.07) is 0. The van der Waals surface area contributed by atoms with Crippen LogP contribution in [0.2, 0.25) is 5.02 Å². The number of hydrogen-bond donors (Lipinski definition) is 1. The molecule has 0 atom stereocenters. The number of carbonyl (C=O) groups is 1. The zero-order valence-electron chi connectivity index (χ0n) is 8.81. The van der Waals surface area contributed by atoms with E-state index in [9.17, 15) is 4.79 Å².